The second-order valence-electron chi connectivity index (χ2n) is 8.78. The number of methoxy groups -OCH3 is 1. The van der Waals surface area contributed by atoms with Gasteiger partial charge in [-0.05, 0) is 77.2 Å². The van der Waals surface area contributed by atoms with Crippen LogP contribution in [0.15, 0.2) is 10.5 Å². The zero-order valence-electron chi connectivity index (χ0n) is 17.4. The third-order valence-corrected chi connectivity index (χ3v) is 8.34. The van der Waals surface area contributed by atoms with Crippen molar-refractivity contribution in [3.05, 3.63) is 19.9 Å². The topological polar surface area (TPSA) is 84.8 Å². The van der Waals surface area contributed by atoms with Gasteiger partial charge in [0.15, 0.2) is 5.82 Å². The molecule has 1 aliphatic heterocycles. The van der Waals surface area contributed by atoms with E-state index >= 15 is 4.39 Å². The molecule has 0 radical (unpaired) electrons. The van der Waals surface area contributed by atoms with E-state index < -0.39 is 11.4 Å². The van der Waals surface area contributed by atoms with Crippen molar-refractivity contribution >= 4 is 61.2 Å². The van der Waals surface area contributed by atoms with E-state index in [0.29, 0.717) is 38.8 Å². The first-order chi connectivity index (χ1) is 14.6. The van der Waals surface area contributed by atoms with E-state index in [1.54, 1.807) is 6.92 Å². The Hall–Kier alpha value is -1.27. The van der Waals surface area contributed by atoms with E-state index in [2.05, 4.69) is 48.5 Å². The van der Waals surface area contributed by atoms with Gasteiger partial charge in [-0.1, -0.05) is 0 Å². The summed E-state index contributed by atoms with van der Waals surface area (Å²) in [6.45, 7) is 3.14. The fourth-order valence-electron chi connectivity index (χ4n) is 3.99. The quantitative estimate of drug-likeness (QED) is 0.299. The summed E-state index contributed by atoms with van der Waals surface area (Å²) in [4.78, 5) is 22.6. The highest BCUT2D eigenvalue weighted by molar-refractivity contribution is 14.1. The highest BCUT2D eigenvalue weighted by Crippen LogP contribution is 2.49. The maximum atomic E-state index is 15.1. The Balaban J connectivity index is 1.70. The summed E-state index contributed by atoms with van der Waals surface area (Å²) in [5, 5.41) is 11.2. The number of anilines is 1. The van der Waals surface area contributed by atoms with Gasteiger partial charge in [-0.15, -0.1) is 0 Å². The molecule has 1 aliphatic carbocycles. The first kappa shape index (κ1) is 22.9. The van der Waals surface area contributed by atoms with Gasteiger partial charge >= 0.3 is 12.0 Å². The predicted octanol–water partition coefficient (Wildman–Crippen LogP) is 4.21. The van der Waals surface area contributed by atoms with Gasteiger partial charge in [-0.2, -0.15) is 9.97 Å². The number of carbonyl (C=O) groups is 1. The van der Waals surface area contributed by atoms with Crippen LogP contribution < -0.4 is 9.64 Å². The third kappa shape index (κ3) is 4.90. The van der Waals surface area contributed by atoms with Crippen LogP contribution in [0.4, 0.5) is 10.2 Å². The van der Waals surface area contributed by atoms with Crippen molar-refractivity contribution in [2.75, 3.05) is 31.7 Å². The molecule has 2 aliphatic rings. The first-order valence-electron chi connectivity index (χ1n) is 10.2. The monoisotopic (exact) mass is 607 g/mol. The molecule has 2 fully saturated rings. The Morgan fingerprint density at radius 3 is 2.77 bits per heavy atom. The summed E-state index contributed by atoms with van der Waals surface area (Å²) in [5.74, 6) is -0.210. The molecule has 10 heteroatoms. The van der Waals surface area contributed by atoms with Crippen molar-refractivity contribution in [3.63, 3.8) is 0 Å². The van der Waals surface area contributed by atoms with Gasteiger partial charge in [0, 0.05) is 27.5 Å². The van der Waals surface area contributed by atoms with Gasteiger partial charge in [0.1, 0.15) is 11.3 Å². The summed E-state index contributed by atoms with van der Waals surface area (Å²) in [5.41, 5.74) is -0.961. The molecule has 0 unspecified atom stereocenters. The third-order valence-electron chi connectivity index (χ3n) is 5.97. The lowest BCUT2D eigenvalue weighted by Crippen LogP contribution is -2.46. The predicted molar refractivity (Wildman–Crippen MR) is 126 cm³/mol. The fourth-order valence-corrected chi connectivity index (χ4v) is 4.84. The Morgan fingerprint density at radius 2 is 2.13 bits per heavy atom. The van der Waals surface area contributed by atoms with Gasteiger partial charge in [-0.25, -0.2) is 4.39 Å². The number of nitrogens with zero attached hydrogens (tertiary/aromatic N) is 3. The number of hydrogen-bond donors (Lipinski definition) is 1. The number of hydrogen-bond acceptors (Lipinski definition) is 7. The lowest BCUT2D eigenvalue weighted by Gasteiger charge is -2.38. The highest BCUT2D eigenvalue weighted by atomic mass is 127. The Kier molecular flexibility index (Phi) is 6.34. The van der Waals surface area contributed by atoms with Gasteiger partial charge in [0.05, 0.1) is 30.2 Å². The van der Waals surface area contributed by atoms with E-state index in [4.69, 9.17) is 9.47 Å². The number of ether oxygens (including phenoxy) is 2. The minimum absolute atomic E-state index is 0.0656. The van der Waals surface area contributed by atoms with Crippen molar-refractivity contribution in [3.8, 4) is 6.01 Å². The number of β-amino-alcohol motifs (C(OH)–C–C–N with tert-alkyl or cyclic N) is 1. The lowest BCUT2D eigenvalue weighted by molar-refractivity contribution is -0.142. The second-order valence-corrected chi connectivity index (χ2v) is 10.7. The SMILES string of the molecule is COC(=O)CC1(COc2nc(N3CCC[C@@](C)(O)C3)c3cc(I)c(Br)c(F)c3n2)CC1. The fraction of sp³-hybridized carbons (Fsp3) is 0.571. The number of piperidine rings is 1. The molecule has 4 rings (SSSR count). The number of esters is 1. The van der Waals surface area contributed by atoms with E-state index in [1.165, 1.54) is 7.11 Å². The number of aliphatic hydroxyl groups is 1. The van der Waals surface area contributed by atoms with E-state index in [0.717, 1.165) is 19.3 Å². The summed E-state index contributed by atoms with van der Waals surface area (Å²) in [7, 11) is 1.37. The van der Waals surface area contributed by atoms with Gasteiger partial charge in [0.25, 0.3) is 0 Å². The molecule has 1 aromatic carbocycles. The number of fused-ring (bicyclic) bond motifs is 1. The molecule has 168 valence electrons. The lowest BCUT2D eigenvalue weighted by atomic mass is 9.95. The van der Waals surface area contributed by atoms with E-state index in [-0.39, 0.29) is 35.9 Å². The number of halogens is 3. The molecule has 0 bridgehead atoms. The normalized spacial score (nSPS) is 22.5. The van der Waals surface area contributed by atoms with Crippen LogP contribution in [0.2, 0.25) is 0 Å². The molecular formula is C21H24BrFIN3O4. The smallest absolute Gasteiger partial charge is 0.319 e. The molecule has 0 amide bonds. The zero-order valence-corrected chi connectivity index (χ0v) is 21.1. The van der Waals surface area contributed by atoms with Gasteiger partial charge < -0.3 is 19.5 Å². The molecule has 1 N–H and O–H groups in total. The molecule has 31 heavy (non-hydrogen) atoms. The van der Waals surface area contributed by atoms with Crippen molar-refractivity contribution < 1.29 is 23.8 Å². The summed E-state index contributed by atoms with van der Waals surface area (Å²) < 4.78 is 26.8. The van der Waals surface area contributed by atoms with Crippen molar-refractivity contribution in [1.29, 1.82) is 0 Å². The molecule has 0 spiro atoms. The maximum absolute atomic E-state index is 15.1. The molecule has 1 aromatic heterocycles. The van der Waals surface area contributed by atoms with Crippen LogP contribution in [0.5, 0.6) is 6.01 Å². The number of rotatable bonds is 6. The Labute approximate surface area is 202 Å². The average molecular weight is 608 g/mol. The van der Waals surface area contributed by atoms with Crippen LogP contribution >= 0.6 is 38.5 Å². The van der Waals surface area contributed by atoms with Gasteiger partial charge in [-0.3, -0.25) is 4.79 Å². The largest absolute Gasteiger partial charge is 0.469 e. The van der Waals surface area contributed by atoms with Crippen molar-refractivity contribution in [2.24, 2.45) is 5.41 Å². The number of carbonyl (C=O) groups excluding carboxylic acids is 1. The summed E-state index contributed by atoms with van der Waals surface area (Å²) in [6.07, 6.45) is 3.48. The van der Waals surface area contributed by atoms with Crippen LogP contribution in [0, 0.1) is 14.8 Å². The molecule has 1 saturated heterocycles. The van der Waals surface area contributed by atoms with E-state index in [9.17, 15) is 9.90 Å². The van der Waals surface area contributed by atoms with Crippen molar-refractivity contribution in [1.82, 2.24) is 9.97 Å². The molecule has 1 atom stereocenters. The molecule has 1 saturated carbocycles. The van der Waals surface area contributed by atoms with E-state index in [1.807, 2.05) is 11.0 Å². The maximum Gasteiger partial charge on any atom is 0.319 e. The molecular weight excluding hydrogens is 584 g/mol. The zero-order chi connectivity index (χ0) is 22.4. The molecule has 7 nitrogen and oxygen atoms in total. The summed E-state index contributed by atoms with van der Waals surface area (Å²) >= 11 is 5.36. The van der Waals surface area contributed by atoms with Crippen LogP contribution in [0.3, 0.4) is 0 Å². The van der Waals surface area contributed by atoms with Crippen molar-refractivity contribution in [2.45, 2.75) is 44.6 Å². The molecule has 2 aromatic rings. The van der Waals surface area contributed by atoms with Crippen LogP contribution in [0.25, 0.3) is 10.9 Å². The summed E-state index contributed by atoms with van der Waals surface area (Å²) in [6, 6.07) is 1.90. The Morgan fingerprint density at radius 1 is 1.39 bits per heavy atom. The second kappa shape index (κ2) is 8.58. The number of aromatic nitrogens is 2. The highest BCUT2D eigenvalue weighted by Gasteiger charge is 2.46. The minimum Gasteiger partial charge on any atom is -0.469 e. The standard InChI is InChI=1S/C21H24BrFIN3O4/c1-20(29)4-3-7-27(10-20)18-12-8-13(24)15(22)16(23)17(12)25-19(26-18)31-11-21(5-6-21)9-14(28)30-2/h8,29H,3-7,9-11H2,1-2H3/t20-/m1/s1. The van der Waals surface area contributed by atoms with Crippen LogP contribution in [-0.4, -0.2) is 53.5 Å². The van der Waals surface area contributed by atoms with Crippen LogP contribution in [0.1, 0.15) is 39.0 Å². The minimum atomic E-state index is -0.851. The first-order valence-corrected chi connectivity index (χ1v) is 12.0. The average Bonchev–Trinajstić information content (AvgIpc) is 3.49. The van der Waals surface area contributed by atoms with Crippen LogP contribution in [-0.2, 0) is 9.53 Å². The molecule has 2 heterocycles. The Bertz CT molecular complexity index is 1030. The van der Waals surface area contributed by atoms with Gasteiger partial charge in [0.2, 0.25) is 0 Å². The number of benzene rings is 1.